The number of nitrogens with zero attached hydrogens (tertiary/aromatic N) is 3. The van der Waals surface area contributed by atoms with Crippen LogP contribution in [-0.2, 0) is 16.1 Å². The molecule has 1 heterocycles. The predicted molar refractivity (Wildman–Crippen MR) is 115 cm³/mol. The van der Waals surface area contributed by atoms with E-state index < -0.39 is 0 Å². The molecule has 0 aromatic heterocycles. The van der Waals surface area contributed by atoms with Gasteiger partial charge >= 0.3 is 0 Å². The molecule has 2 N–H and O–H groups in total. The SMILES string of the molecule is C/C=C(\C=N/C(C)N1CCC[C@H]1COC)c1cccc(CN(C)C(=O)CN)c1. The lowest BCUT2D eigenvalue weighted by molar-refractivity contribution is -0.128. The number of amides is 1. The molecule has 1 saturated heterocycles. The molecule has 1 amide bonds. The molecule has 0 bridgehead atoms. The van der Waals surface area contributed by atoms with Crippen molar-refractivity contribution >= 4 is 17.7 Å². The van der Waals surface area contributed by atoms with Crippen LogP contribution in [0, 0.1) is 0 Å². The zero-order chi connectivity index (χ0) is 20.5. The Balaban J connectivity index is 2.07. The maximum atomic E-state index is 11.7. The topological polar surface area (TPSA) is 71.2 Å². The van der Waals surface area contributed by atoms with Crippen LogP contribution in [-0.4, -0.2) is 68.0 Å². The average Bonchev–Trinajstić information content (AvgIpc) is 3.16. The number of rotatable bonds is 9. The fourth-order valence-electron chi connectivity index (χ4n) is 3.68. The molecule has 0 spiro atoms. The predicted octanol–water partition coefficient (Wildman–Crippen LogP) is 2.53. The zero-order valence-corrected chi connectivity index (χ0v) is 17.6. The average molecular weight is 387 g/mol. The van der Waals surface area contributed by atoms with Gasteiger partial charge in [0.25, 0.3) is 0 Å². The summed E-state index contributed by atoms with van der Waals surface area (Å²) < 4.78 is 5.35. The Morgan fingerprint density at radius 1 is 1.50 bits per heavy atom. The Kier molecular flexibility index (Phi) is 8.83. The van der Waals surface area contributed by atoms with E-state index in [-0.39, 0.29) is 18.6 Å². The highest BCUT2D eigenvalue weighted by Gasteiger charge is 2.27. The van der Waals surface area contributed by atoms with E-state index in [0.29, 0.717) is 12.6 Å². The highest BCUT2D eigenvalue weighted by Crippen LogP contribution is 2.22. The molecule has 1 unspecified atom stereocenters. The van der Waals surface area contributed by atoms with Gasteiger partial charge in [0.05, 0.1) is 19.3 Å². The van der Waals surface area contributed by atoms with Gasteiger partial charge in [-0.15, -0.1) is 0 Å². The third-order valence-electron chi connectivity index (χ3n) is 5.28. The van der Waals surface area contributed by atoms with Gasteiger partial charge in [0.15, 0.2) is 0 Å². The van der Waals surface area contributed by atoms with Gasteiger partial charge in [-0.25, -0.2) is 0 Å². The Bertz CT molecular complexity index is 702. The minimum atomic E-state index is -0.0664. The number of nitrogens with two attached hydrogens (primary N) is 1. The van der Waals surface area contributed by atoms with Crippen molar-refractivity contribution in [2.75, 3.05) is 33.9 Å². The summed E-state index contributed by atoms with van der Waals surface area (Å²) in [5, 5.41) is 0. The molecular weight excluding hydrogens is 352 g/mol. The summed E-state index contributed by atoms with van der Waals surface area (Å²) in [6.07, 6.45) is 6.51. The summed E-state index contributed by atoms with van der Waals surface area (Å²) >= 11 is 0. The summed E-state index contributed by atoms with van der Waals surface area (Å²) in [5.74, 6) is -0.0664. The van der Waals surface area contributed by atoms with E-state index in [4.69, 9.17) is 15.5 Å². The van der Waals surface area contributed by atoms with Crippen LogP contribution >= 0.6 is 0 Å². The van der Waals surface area contributed by atoms with Crippen molar-refractivity contribution in [2.24, 2.45) is 10.7 Å². The number of carbonyl (C=O) groups excluding carboxylic acids is 1. The lowest BCUT2D eigenvalue weighted by atomic mass is 10.0. The summed E-state index contributed by atoms with van der Waals surface area (Å²) in [6.45, 7) is 6.55. The number of allylic oxidation sites excluding steroid dienone is 2. The number of aliphatic imine (C=N–C) groups is 1. The van der Waals surface area contributed by atoms with Crippen LogP contribution < -0.4 is 5.73 Å². The number of hydrogen-bond donors (Lipinski definition) is 1. The molecule has 1 fully saturated rings. The van der Waals surface area contributed by atoms with Gasteiger partial charge in [-0.3, -0.25) is 14.7 Å². The van der Waals surface area contributed by atoms with Crippen LogP contribution in [0.5, 0.6) is 0 Å². The largest absolute Gasteiger partial charge is 0.383 e. The molecule has 154 valence electrons. The fraction of sp³-hybridized carbons (Fsp3) is 0.545. The van der Waals surface area contributed by atoms with Crippen LogP contribution in [0.15, 0.2) is 35.3 Å². The quantitative estimate of drug-likeness (QED) is 0.662. The van der Waals surface area contributed by atoms with Crippen molar-refractivity contribution in [1.82, 2.24) is 9.80 Å². The minimum Gasteiger partial charge on any atom is -0.383 e. The van der Waals surface area contributed by atoms with Crippen molar-refractivity contribution < 1.29 is 9.53 Å². The molecule has 0 aliphatic carbocycles. The Labute approximate surface area is 169 Å². The minimum absolute atomic E-state index is 0.0292. The van der Waals surface area contributed by atoms with Gasteiger partial charge in [-0.1, -0.05) is 24.3 Å². The van der Waals surface area contributed by atoms with Crippen LogP contribution in [0.25, 0.3) is 5.57 Å². The lowest BCUT2D eigenvalue weighted by Gasteiger charge is -2.27. The van der Waals surface area contributed by atoms with E-state index in [1.165, 1.54) is 12.8 Å². The molecule has 0 radical (unpaired) electrons. The number of likely N-dealkylation sites (N-methyl/N-ethyl adjacent to an activating group) is 1. The maximum absolute atomic E-state index is 11.7. The second-order valence-electron chi connectivity index (χ2n) is 7.30. The van der Waals surface area contributed by atoms with E-state index in [0.717, 1.165) is 29.9 Å². The summed E-state index contributed by atoms with van der Waals surface area (Å²) in [4.78, 5) is 20.6. The van der Waals surface area contributed by atoms with Crippen molar-refractivity contribution in [3.8, 4) is 0 Å². The lowest BCUT2D eigenvalue weighted by Crippen LogP contribution is -2.38. The molecule has 6 nitrogen and oxygen atoms in total. The molecule has 1 aliphatic heterocycles. The van der Waals surface area contributed by atoms with Gasteiger partial charge in [0, 0.05) is 39.5 Å². The number of carbonyl (C=O) groups is 1. The maximum Gasteiger partial charge on any atom is 0.236 e. The first kappa shape index (κ1) is 22.3. The standard InChI is InChI=1S/C22H34N4O2/c1-5-19(14-24-17(2)26-11-7-10-21(26)16-28-4)20-9-6-8-18(12-20)15-25(3)22(27)13-23/h5-6,8-9,12,14,17,21H,7,10-11,13,15-16,23H2,1-4H3/b19-5+,24-14-/t17?,21-/m0/s1. The van der Waals surface area contributed by atoms with Crippen LogP contribution in [0.4, 0.5) is 0 Å². The van der Waals surface area contributed by atoms with E-state index in [1.54, 1.807) is 19.1 Å². The van der Waals surface area contributed by atoms with Gasteiger partial charge < -0.3 is 15.4 Å². The smallest absolute Gasteiger partial charge is 0.236 e. The summed E-state index contributed by atoms with van der Waals surface area (Å²) in [6, 6.07) is 8.67. The van der Waals surface area contributed by atoms with Crippen molar-refractivity contribution in [1.29, 1.82) is 0 Å². The Morgan fingerprint density at radius 2 is 2.29 bits per heavy atom. The van der Waals surface area contributed by atoms with E-state index in [1.807, 2.05) is 25.3 Å². The highest BCUT2D eigenvalue weighted by molar-refractivity contribution is 6.09. The van der Waals surface area contributed by atoms with E-state index in [9.17, 15) is 4.79 Å². The summed E-state index contributed by atoms with van der Waals surface area (Å²) in [7, 11) is 3.53. The summed E-state index contributed by atoms with van der Waals surface area (Å²) in [5.41, 5.74) is 8.69. The number of methoxy groups -OCH3 is 1. The molecule has 2 rings (SSSR count). The van der Waals surface area contributed by atoms with Crippen molar-refractivity contribution in [2.45, 2.75) is 45.4 Å². The van der Waals surface area contributed by atoms with Crippen LogP contribution in [0.2, 0.25) is 0 Å². The van der Waals surface area contributed by atoms with Gasteiger partial charge in [-0.05, 0) is 49.5 Å². The van der Waals surface area contributed by atoms with Gasteiger partial charge in [0.1, 0.15) is 0 Å². The number of hydrogen-bond acceptors (Lipinski definition) is 5. The van der Waals surface area contributed by atoms with Crippen LogP contribution in [0.3, 0.4) is 0 Å². The zero-order valence-electron chi connectivity index (χ0n) is 17.6. The normalized spacial score (nSPS) is 19.3. The van der Waals surface area contributed by atoms with Crippen LogP contribution in [0.1, 0.15) is 37.8 Å². The number of ether oxygens (including phenoxy) is 1. The molecule has 1 aliphatic rings. The molecule has 1 aromatic rings. The van der Waals surface area contributed by atoms with E-state index in [2.05, 4.69) is 30.0 Å². The fourth-order valence-corrected chi connectivity index (χ4v) is 3.68. The Morgan fingerprint density at radius 3 is 2.96 bits per heavy atom. The van der Waals surface area contributed by atoms with Crippen molar-refractivity contribution in [3.05, 3.63) is 41.5 Å². The first-order chi connectivity index (χ1) is 13.5. The molecular formula is C22H34N4O2. The molecule has 2 atom stereocenters. The molecule has 28 heavy (non-hydrogen) atoms. The first-order valence-corrected chi connectivity index (χ1v) is 9.97. The monoisotopic (exact) mass is 386 g/mol. The molecule has 0 saturated carbocycles. The third-order valence-corrected chi connectivity index (χ3v) is 5.28. The highest BCUT2D eigenvalue weighted by atomic mass is 16.5. The second-order valence-corrected chi connectivity index (χ2v) is 7.30. The molecule has 1 aromatic carbocycles. The second kappa shape index (κ2) is 11.1. The first-order valence-electron chi connectivity index (χ1n) is 9.97. The number of likely N-dealkylation sites (tertiary alicyclic amines) is 1. The van der Waals surface area contributed by atoms with Gasteiger partial charge in [-0.2, -0.15) is 0 Å². The van der Waals surface area contributed by atoms with Gasteiger partial charge in [0.2, 0.25) is 5.91 Å². The number of benzene rings is 1. The third kappa shape index (κ3) is 5.99. The molecule has 6 heteroatoms. The van der Waals surface area contributed by atoms with E-state index >= 15 is 0 Å². The Hall–Kier alpha value is -2.02. The van der Waals surface area contributed by atoms with Crippen molar-refractivity contribution in [3.63, 3.8) is 0 Å².